The summed E-state index contributed by atoms with van der Waals surface area (Å²) in [5, 5.41) is 0.750. The largest absolute Gasteiger partial charge is 0.493 e. The average molecular weight is 598 g/mol. The lowest BCUT2D eigenvalue weighted by Crippen LogP contribution is -2.13. The summed E-state index contributed by atoms with van der Waals surface area (Å²) in [6.45, 7) is 9.56. The van der Waals surface area contributed by atoms with Crippen molar-refractivity contribution in [3.63, 3.8) is 0 Å². The van der Waals surface area contributed by atoms with Crippen LogP contribution in [0.5, 0.6) is 17.2 Å². The van der Waals surface area contributed by atoms with Crippen LogP contribution in [-0.2, 0) is 18.3 Å². The van der Waals surface area contributed by atoms with Crippen molar-refractivity contribution in [1.82, 2.24) is 9.97 Å². The molecule has 0 saturated carbocycles. The molecule has 2 aromatic carbocycles. The van der Waals surface area contributed by atoms with E-state index < -0.39 is 0 Å². The van der Waals surface area contributed by atoms with Gasteiger partial charge in [0.05, 0.1) is 17.0 Å². The van der Waals surface area contributed by atoms with E-state index in [1.165, 1.54) is 16.0 Å². The maximum absolute atomic E-state index is 13.1. The number of rotatable bonds is 7. The summed E-state index contributed by atoms with van der Waals surface area (Å²) in [5.74, 6) is 3.08. The van der Waals surface area contributed by atoms with Gasteiger partial charge in [0.1, 0.15) is 29.6 Å². The minimum atomic E-state index is -0.0832. The molecule has 38 heavy (non-hydrogen) atoms. The van der Waals surface area contributed by atoms with E-state index in [0.29, 0.717) is 40.9 Å². The van der Waals surface area contributed by atoms with Crippen LogP contribution >= 0.6 is 27.3 Å². The first-order valence-corrected chi connectivity index (χ1v) is 14.5. The molecule has 1 aliphatic rings. The fourth-order valence-electron chi connectivity index (χ4n) is 4.84. The van der Waals surface area contributed by atoms with Crippen LogP contribution in [0.15, 0.2) is 45.7 Å². The summed E-state index contributed by atoms with van der Waals surface area (Å²) >= 11 is 5.26. The van der Waals surface area contributed by atoms with E-state index in [4.69, 9.17) is 19.2 Å². The molecule has 0 spiro atoms. The lowest BCUT2D eigenvalue weighted by Gasteiger charge is -2.19. The van der Waals surface area contributed by atoms with E-state index in [2.05, 4.69) is 60.7 Å². The molecule has 0 radical (unpaired) electrons. The van der Waals surface area contributed by atoms with Gasteiger partial charge < -0.3 is 19.2 Å². The average Bonchev–Trinajstić information content (AvgIpc) is 3.24. The van der Waals surface area contributed by atoms with Gasteiger partial charge in [-0.1, -0.05) is 39.8 Å². The molecule has 0 bridgehead atoms. The third kappa shape index (κ3) is 5.47. The van der Waals surface area contributed by atoms with E-state index in [9.17, 15) is 4.79 Å². The molecule has 2 heterocycles. The van der Waals surface area contributed by atoms with Crippen LogP contribution in [0.2, 0.25) is 0 Å². The van der Waals surface area contributed by atoms with Crippen LogP contribution in [0.1, 0.15) is 50.1 Å². The Kier molecular flexibility index (Phi) is 7.56. The molecule has 0 saturated heterocycles. The summed E-state index contributed by atoms with van der Waals surface area (Å²) in [7, 11) is 1.60. The second kappa shape index (κ2) is 10.7. The number of nitrogens with one attached hydrogen (secondary N) is 1. The number of hydrogen-bond donors (Lipinski definition) is 1. The number of benzene rings is 2. The number of methoxy groups -OCH3 is 1. The summed E-state index contributed by atoms with van der Waals surface area (Å²) in [6.07, 6.45) is 3.07. The summed E-state index contributed by atoms with van der Waals surface area (Å²) in [4.78, 5) is 23.0. The van der Waals surface area contributed by atoms with Crippen molar-refractivity contribution >= 4 is 37.5 Å². The molecule has 1 unspecified atom stereocenters. The van der Waals surface area contributed by atoms with Crippen molar-refractivity contribution in [1.29, 1.82) is 0 Å². The van der Waals surface area contributed by atoms with Crippen LogP contribution in [0, 0.1) is 5.92 Å². The highest BCUT2D eigenvalue weighted by molar-refractivity contribution is 9.10. The Labute approximate surface area is 235 Å². The van der Waals surface area contributed by atoms with Gasteiger partial charge in [0.15, 0.2) is 11.5 Å². The molecule has 6 nitrogen and oxygen atoms in total. The summed E-state index contributed by atoms with van der Waals surface area (Å²) in [6, 6.07) is 11.9. The molecule has 4 aromatic rings. The molecule has 2 aromatic heterocycles. The lowest BCUT2D eigenvalue weighted by atomic mass is 9.87. The number of thiophene rings is 1. The van der Waals surface area contributed by atoms with Gasteiger partial charge in [-0.25, -0.2) is 4.98 Å². The molecule has 0 amide bonds. The quantitative estimate of drug-likeness (QED) is 0.226. The lowest BCUT2D eigenvalue weighted by molar-refractivity contribution is 0.210. The molecular formula is C30H33BrN2O4S. The highest BCUT2D eigenvalue weighted by Gasteiger charge is 2.24. The zero-order valence-corrected chi connectivity index (χ0v) is 24.8. The molecule has 8 heteroatoms. The van der Waals surface area contributed by atoms with Gasteiger partial charge in [-0.3, -0.25) is 4.79 Å². The van der Waals surface area contributed by atoms with Crippen molar-refractivity contribution in [3.05, 3.63) is 67.2 Å². The third-order valence-electron chi connectivity index (χ3n) is 6.99. The van der Waals surface area contributed by atoms with Gasteiger partial charge in [-0.05, 0) is 81.9 Å². The first-order chi connectivity index (χ1) is 18.1. The number of aryl methyl sites for hydroxylation is 1. The first kappa shape index (κ1) is 26.8. The van der Waals surface area contributed by atoms with Gasteiger partial charge >= 0.3 is 0 Å². The third-order valence-corrected chi connectivity index (χ3v) is 8.72. The fourth-order valence-corrected chi connectivity index (χ4v) is 6.78. The minimum Gasteiger partial charge on any atom is -0.493 e. The highest BCUT2D eigenvalue weighted by atomic mass is 79.9. The second-order valence-electron chi connectivity index (χ2n) is 10.9. The number of hydrogen-bond acceptors (Lipinski definition) is 6. The maximum Gasteiger partial charge on any atom is 0.260 e. The number of H-pyrrole nitrogens is 1. The number of ether oxygens (including phenoxy) is 3. The predicted molar refractivity (Wildman–Crippen MR) is 157 cm³/mol. The first-order valence-electron chi connectivity index (χ1n) is 12.9. The second-order valence-corrected chi connectivity index (χ2v) is 12.8. The zero-order chi connectivity index (χ0) is 27.0. The molecule has 5 rings (SSSR count). The molecule has 200 valence electrons. The van der Waals surface area contributed by atoms with Gasteiger partial charge in [0.25, 0.3) is 5.56 Å². The molecule has 0 fully saturated rings. The Hall–Kier alpha value is -2.84. The zero-order valence-electron chi connectivity index (χ0n) is 22.4. The molecule has 1 N–H and O–H groups in total. The van der Waals surface area contributed by atoms with Gasteiger partial charge in [-0.15, -0.1) is 11.3 Å². The van der Waals surface area contributed by atoms with Crippen LogP contribution in [0.3, 0.4) is 0 Å². The molecular weight excluding hydrogens is 564 g/mol. The highest BCUT2D eigenvalue weighted by Crippen LogP contribution is 2.40. The van der Waals surface area contributed by atoms with Crippen LogP contribution < -0.4 is 19.8 Å². The Morgan fingerprint density at radius 2 is 1.87 bits per heavy atom. The molecule has 1 aliphatic carbocycles. The van der Waals surface area contributed by atoms with E-state index in [0.717, 1.165) is 40.8 Å². The number of aromatic nitrogens is 2. The van der Waals surface area contributed by atoms with Crippen molar-refractivity contribution in [2.45, 2.75) is 52.4 Å². The van der Waals surface area contributed by atoms with E-state index in [-0.39, 0.29) is 11.0 Å². The SMILES string of the molecule is COc1cc(-c2nc3sc4c(c3c(=O)[nH]2)CCC(C)C4)cc(Br)c1OCCOc1ccc(C(C)(C)C)cc1. The number of fused-ring (bicyclic) bond motifs is 3. The monoisotopic (exact) mass is 596 g/mol. The summed E-state index contributed by atoms with van der Waals surface area (Å²) < 4.78 is 18.2. The minimum absolute atomic E-state index is 0.0832. The Morgan fingerprint density at radius 1 is 1.13 bits per heavy atom. The molecule has 0 aliphatic heterocycles. The van der Waals surface area contributed by atoms with Gasteiger partial charge in [-0.2, -0.15) is 0 Å². The topological polar surface area (TPSA) is 73.4 Å². The Morgan fingerprint density at radius 3 is 2.58 bits per heavy atom. The predicted octanol–water partition coefficient (Wildman–Crippen LogP) is 7.30. The van der Waals surface area contributed by atoms with Crippen molar-refractivity contribution in [3.8, 4) is 28.6 Å². The summed E-state index contributed by atoms with van der Waals surface area (Å²) in [5.41, 5.74) is 3.21. The van der Waals surface area contributed by atoms with E-state index >= 15 is 0 Å². The van der Waals surface area contributed by atoms with Gasteiger partial charge in [0, 0.05) is 10.4 Å². The van der Waals surface area contributed by atoms with E-state index in [1.54, 1.807) is 18.4 Å². The Balaban J connectivity index is 1.32. The standard InChI is InChI=1S/C30H33BrN2O4S/c1-17-6-11-21-24(14-17)38-29-25(21)28(34)32-27(33-29)18-15-22(31)26(23(16-18)35-5)37-13-12-36-20-9-7-19(8-10-20)30(2,3)4/h7-10,15-17H,6,11-14H2,1-5H3,(H,32,33,34). The number of nitrogens with zero attached hydrogens (tertiary/aromatic N) is 1. The van der Waals surface area contributed by atoms with Crippen molar-refractivity contribution in [2.24, 2.45) is 5.92 Å². The van der Waals surface area contributed by atoms with E-state index in [1.807, 2.05) is 24.3 Å². The maximum atomic E-state index is 13.1. The Bertz CT molecular complexity index is 1520. The number of aromatic amines is 1. The van der Waals surface area contributed by atoms with Crippen LogP contribution in [0.25, 0.3) is 21.6 Å². The van der Waals surface area contributed by atoms with Gasteiger partial charge in [0.2, 0.25) is 0 Å². The van der Waals surface area contributed by atoms with Crippen molar-refractivity contribution in [2.75, 3.05) is 20.3 Å². The normalized spacial score (nSPS) is 15.4. The van der Waals surface area contributed by atoms with Crippen molar-refractivity contribution < 1.29 is 14.2 Å². The van der Waals surface area contributed by atoms with Crippen LogP contribution in [-0.4, -0.2) is 30.3 Å². The number of halogens is 1. The smallest absolute Gasteiger partial charge is 0.260 e. The van der Waals surface area contributed by atoms with Crippen LogP contribution in [0.4, 0.5) is 0 Å². The molecule has 1 atom stereocenters. The fraction of sp³-hybridized carbons (Fsp3) is 0.400.